The fourth-order valence-electron chi connectivity index (χ4n) is 8.89. The Morgan fingerprint density at radius 2 is 1.05 bits per heavy atom. The zero-order valence-corrected chi connectivity index (χ0v) is 47.4. The van der Waals surface area contributed by atoms with Gasteiger partial charge in [-0.3, -0.25) is 19.6 Å². The van der Waals surface area contributed by atoms with Crippen molar-refractivity contribution in [2.75, 3.05) is 66.1 Å². The molecule has 2 fully saturated rings. The van der Waals surface area contributed by atoms with E-state index in [0.717, 1.165) is 19.2 Å². The molecule has 8 N–H and O–H groups in total. The zero-order valence-electron chi connectivity index (χ0n) is 42.6. The van der Waals surface area contributed by atoms with Crippen LogP contribution in [0.25, 0.3) is 0 Å². The maximum Gasteiger partial charge on any atom is 0.338 e. The molecule has 6 heterocycles. The summed E-state index contributed by atoms with van der Waals surface area (Å²) >= 11 is 15.5. The third-order valence-corrected chi connectivity index (χ3v) is 18.6. The quantitative estimate of drug-likeness (QED) is 0.0592. The molecule has 0 aliphatic carbocycles. The van der Waals surface area contributed by atoms with Gasteiger partial charge in [-0.25, -0.2) is 53.8 Å². The number of primary amides is 1. The van der Waals surface area contributed by atoms with Crippen LogP contribution in [-0.4, -0.2) is 142 Å². The van der Waals surface area contributed by atoms with E-state index in [-0.39, 0.29) is 105 Å². The van der Waals surface area contributed by atoms with Crippen LogP contribution in [0.1, 0.15) is 86.6 Å². The number of aliphatic imine (C=N–C) groups is 2. The number of allylic oxidation sites excluding steroid dienone is 2. The number of sulfonamides is 2. The number of amides is 1. The number of aromatic nitrogens is 2. The number of aliphatic hydroxyl groups is 1. The van der Waals surface area contributed by atoms with Gasteiger partial charge in [0, 0.05) is 107 Å². The van der Waals surface area contributed by atoms with Gasteiger partial charge >= 0.3 is 17.9 Å². The van der Waals surface area contributed by atoms with E-state index in [4.69, 9.17) is 53.5 Å². The second kappa shape index (κ2) is 30.8. The number of amidine groups is 2. The normalized spacial score (nSPS) is 18.1. The molecule has 4 aliphatic heterocycles. The number of ether oxygens (including phenoxy) is 3. The molecule has 80 heavy (non-hydrogen) atoms. The molecule has 0 spiro atoms. The lowest BCUT2D eigenvalue weighted by Crippen LogP contribution is -2.44. The third kappa shape index (κ3) is 16.7. The highest BCUT2D eigenvalue weighted by Gasteiger charge is 2.41. The van der Waals surface area contributed by atoms with Gasteiger partial charge < -0.3 is 41.8 Å². The first-order chi connectivity index (χ1) is 36.7. The fraction of sp³-hybridized carbons (Fsp3) is 0.440. The van der Waals surface area contributed by atoms with Gasteiger partial charge in [-0.15, -0.1) is 22.7 Å². The van der Waals surface area contributed by atoms with Crippen molar-refractivity contribution < 1.29 is 64.1 Å². The molecule has 1 amide bonds. The Labute approximate surface area is 482 Å². The Kier molecular flexibility index (Phi) is 26.4. The minimum absolute atomic E-state index is 0. The molecule has 8 rings (SSSR count). The molecule has 2 atom stereocenters. The van der Waals surface area contributed by atoms with E-state index in [1.807, 2.05) is 0 Å². The molecule has 4 aliphatic rings. The van der Waals surface area contributed by atoms with Gasteiger partial charge in [0.1, 0.15) is 23.7 Å². The molecule has 0 saturated carbocycles. The number of rotatable bonds is 16. The highest BCUT2D eigenvalue weighted by Crippen LogP contribution is 2.42. The number of hydrogen-bond acceptors (Lipinski definition) is 21. The number of methoxy groups -OCH3 is 3. The van der Waals surface area contributed by atoms with Crippen LogP contribution in [0.2, 0.25) is 10.0 Å². The van der Waals surface area contributed by atoms with E-state index in [1.54, 1.807) is 23.2 Å². The van der Waals surface area contributed by atoms with Crippen molar-refractivity contribution in [2.45, 2.75) is 65.5 Å². The minimum Gasteiger partial charge on any atom is -0.469 e. The number of hydrogen-bond donors (Lipinski definition) is 5. The molecule has 440 valence electrons. The number of halogens is 4. The van der Waals surface area contributed by atoms with Crippen LogP contribution in [0, 0.1) is 23.5 Å². The molecular formula is C50H66Cl2F2N10O12S4. The van der Waals surface area contributed by atoms with Crippen LogP contribution < -0.4 is 22.5 Å². The van der Waals surface area contributed by atoms with E-state index in [0.29, 0.717) is 69.9 Å². The topological polar surface area (TPSA) is 327 Å². The molecule has 2 aromatic heterocycles. The van der Waals surface area contributed by atoms with E-state index >= 15 is 0 Å². The van der Waals surface area contributed by atoms with Gasteiger partial charge in [0.05, 0.1) is 50.4 Å². The molecule has 4 aromatic rings. The van der Waals surface area contributed by atoms with Crippen LogP contribution in [-0.2, 0) is 53.4 Å². The van der Waals surface area contributed by atoms with Gasteiger partial charge in [-0.1, -0.05) is 50.2 Å². The van der Waals surface area contributed by atoms with Crippen LogP contribution in [0.3, 0.4) is 0 Å². The first kappa shape index (κ1) is 68.5. The highest BCUT2D eigenvalue weighted by molar-refractivity contribution is 7.89. The number of benzene rings is 2. The molecule has 30 heteroatoms. The number of carbonyl (C=O) groups is 4. The summed E-state index contributed by atoms with van der Waals surface area (Å²) in [4.78, 5) is 66.8. The lowest BCUT2D eigenvalue weighted by Gasteiger charge is -2.36. The first-order valence-electron chi connectivity index (χ1n) is 23.5. The smallest absolute Gasteiger partial charge is 0.338 e. The van der Waals surface area contributed by atoms with E-state index in [9.17, 15) is 44.8 Å². The molecular weight excluding hydrogens is 1170 g/mol. The van der Waals surface area contributed by atoms with Crippen molar-refractivity contribution in [1.29, 1.82) is 0 Å². The lowest BCUT2D eigenvalue weighted by atomic mass is 9.86. The van der Waals surface area contributed by atoms with E-state index in [1.165, 1.54) is 76.9 Å². The molecule has 2 saturated heterocycles. The predicted octanol–water partition coefficient (Wildman–Crippen LogP) is 6.47. The Morgan fingerprint density at radius 1 is 0.675 bits per heavy atom. The standard InChI is InChI=1S/C24H26ClFN4O6S2.C23H25ClFN5O5S2.CH4O.2CH4.H3N/c1-35-18(31)7-12-38(33,34)30-9-5-14(6-10-30)20-19(24(32)36-2)21(16-4-3-15(26)13-17(16)25)29-22(28-20)23-27-8-11-37-23;1-35-23(32)18-19(13-4-8-30(9-5-13)37(33,34)11-6-17(26)31)28-21(22-27-7-10-36-22)29-20(18)15-3-2-14(25)12-16(15)24;1-2;;;/h3-4,8,11,13-14,21H,5-7,9-10,12H2,1-2H3,(H,28,29);2-3,7,10,12-13,20H,4-6,8-9,11H2,1H3,(H2,26,31)(H,28,29);2H,1H3;2*1H4;1H3. The van der Waals surface area contributed by atoms with Crippen molar-refractivity contribution in [3.05, 3.63) is 125 Å². The number of nitrogens with two attached hydrogens (primary N) is 1. The second-order valence-electron chi connectivity index (χ2n) is 17.2. The Hall–Kier alpha value is -5.82. The molecule has 0 bridgehead atoms. The summed E-state index contributed by atoms with van der Waals surface area (Å²) in [6.45, 7) is 0.771. The predicted molar refractivity (Wildman–Crippen MR) is 303 cm³/mol. The van der Waals surface area contributed by atoms with Gasteiger partial charge in [0.15, 0.2) is 21.7 Å². The number of nitrogens with zero attached hydrogens (tertiary/aromatic N) is 6. The summed E-state index contributed by atoms with van der Waals surface area (Å²) in [5.74, 6) is -3.95. The first-order valence-corrected chi connectivity index (χ1v) is 29.3. The molecule has 22 nitrogen and oxygen atoms in total. The zero-order chi connectivity index (χ0) is 56.2. The maximum absolute atomic E-state index is 13.8. The van der Waals surface area contributed by atoms with Gasteiger partial charge in [0.25, 0.3) is 0 Å². The van der Waals surface area contributed by atoms with Crippen molar-refractivity contribution in [1.82, 2.24) is 35.4 Å². The number of nitrogens with one attached hydrogen (secondary N) is 2. The number of piperidine rings is 2. The van der Waals surface area contributed by atoms with Gasteiger partial charge in [0.2, 0.25) is 26.0 Å². The summed E-state index contributed by atoms with van der Waals surface area (Å²) in [6.07, 6.45) is 4.35. The number of carbonyl (C=O) groups excluding carboxylic acids is 4. The average molecular weight is 1240 g/mol. The van der Waals surface area contributed by atoms with Crippen LogP contribution >= 0.6 is 45.9 Å². The Balaban J connectivity index is 0.000000393. The van der Waals surface area contributed by atoms with Crippen molar-refractivity contribution in [3.63, 3.8) is 0 Å². The Morgan fingerprint density at radius 3 is 1.36 bits per heavy atom. The molecule has 2 aromatic carbocycles. The maximum atomic E-state index is 13.8. The summed E-state index contributed by atoms with van der Waals surface area (Å²) in [7, 11) is -2.61. The van der Waals surface area contributed by atoms with Crippen LogP contribution in [0.5, 0.6) is 0 Å². The SMILES string of the molecule is C.C.CO.COC(=O)C1=C(C2CCN(S(=O)(=O)CCC(N)=O)CC2)NC(c2nccs2)=NC1c1ccc(F)cc1Cl.COC(=O)CCS(=O)(=O)N1CCC(C2=C(C(=O)OC)C(c3ccc(F)cc3Cl)N=C(c3nccs3)N2)CC1.N. The number of thiazole rings is 2. The van der Waals surface area contributed by atoms with E-state index < -0.39 is 67.6 Å². The summed E-state index contributed by atoms with van der Waals surface area (Å²) < 4.78 is 95.9. The van der Waals surface area contributed by atoms with Gasteiger partial charge in [-0.2, -0.15) is 0 Å². The lowest BCUT2D eigenvalue weighted by molar-refractivity contribution is -0.140. The molecule has 2 unspecified atom stereocenters. The number of aliphatic hydroxyl groups excluding tert-OH is 1. The monoisotopic (exact) mass is 1230 g/mol. The second-order valence-corrected chi connectivity index (χ2v) is 24.0. The van der Waals surface area contributed by atoms with Crippen LogP contribution in [0.15, 0.2) is 92.1 Å². The van der Waals surface area contributed by atoms with Crippen molar-refractivity contribution in [2.24, 2.45) is 27.6 Å². The van der Waals surface area contributed by atoms with Crippen molar-refractivity contribution in [3.8, 4) is 0 Å². The molecule has 0 radical (unpaired) electrons. The number of esters is 3. The highest BCUT2D eigenvalue weighted by atomic mass is 35.5. The van der Waals surface area contributed by atoms with Gasteiger partial charge in [-0.05, 0) is 49.9 Å². The largest absolute Gasteiger partial charge is 0.469 e. The summed E-state index contributed by atoms with van der Waals surface area (Å²) in [5, 5.41) is 18.4. The Bertz CT molecular complexity index is 3150. The average Bonchev–Trinajstić information content (AvgIpc) is 4.22. The third-order valence-electron chi connectivity index (χ3n) is 12.7. The van der Waals surface area contributed by atoms with Crippen molar-refractivity contribution >= 4 is 101 Å². The summed E-state index contributed by atoms with van der Waals surface area (Å²) in [5.41, 5.74) is 7.45. The fourth-order valence-corrected chi connectivity index (χ4v) is 13.5. The minimum atomic E-state index is -3.67. The van der Waals surface area contributed by atoms with E-state index in [2.05, 4.69) is 25.3 Å². The van der Waals surface area contributed by atoms with Crippen LogP contribution in [0.4, 0.5) is 8.78 Å². The summed E-state index contributed by atoms with van der Waals surface area (Å²) in [6, 6.07) is 5.96.